The third kappa shape index (κ3) is 5.71. The van der Waals surface area contributed by atoms with Crippen LogP contribution in [0.5, 0.6) is 5.88 Å². The van der Waals surface area contributed by atoms with Crippen LogP contribution < -0.4 is 14.5 Å². The highest BCUT2D eigenvalue weighted by Crippen LogP contribution is 2.43. The van der Waals surface area contributed by atoms with E-state index < -0.39 is 36.0 Å². The Balaban J connectivity index is 1.06. The minimum atomic E-state index is -2.98. The van der Waals surface area contributed by atoms with Gasteiger partial charge in [-0.2, -0.15) is 0 Å². The van der Waals surface area contributed by atoms with E-state index in [9.17, 15) is 18.7 Å². The van der Waals surface area contributed by atoms with Crippen LogP contribution in [-0.4, -0.2) is 87.7 Å². The van der Waals surface area contributed by atoms with Crippen LogP contribution >= 0.6 is 11.3 Å². The minimum Gasteiger partial charge on any atom is -0.480 e. The van der Waals surface area contributed by atoms with E-state index in [0.717, 1.165) is 5.01 Å². The highest BCUT2D eigenvalue weighted by molar-refractivity contribution is 7.12. The topological polar surface area (TPSA) is 136 Å². The Bertz CT molecular complexity index is 2230. The van der Waals surface area contributed by atoms with Crippen molar-refractivity contribution in [1.29, 1.82) is 0 Å². The number of anilines is 2. The lowest BCUT2D eigenvalue weighted by Gasteiger charge is -2.53. The van der Waals surface area contributed by atoms with Crippen LogP contribution in [-0.2, 0) is 14.3 Å². The molecule has 7 heterocycles. The largest absolute Gasteiger partial charge is 0.480 e. The zero-order valence-electron chi connectivity index (χ0n) is 27.4. The number of hydrogen-bond acceptors (Lipinski definition) is 12. The number of pyridine rings is 1. The number of hydrogen-bond donors (Lipinski definition) is 1. The van der Waals surface area contributed by atoms with Gasteiger partial charge in [0, 0.05) is 41.2 Å². The molecular formula is C36H32F2N6O6S. The first-order valence-corrected chi connectivity index (χ1v) is 17.7. The van der Waals surface area contributed by atoms with E-state index in [1.54, 1.807) is 41.8 Å². The number of benzene rings is 1. The molecule has 12 nitrogen and oxygen atoms in total. The van der Waals surface area contributed by atoms with Crippen LogP contribution in [0.2, 0.25) is 0 Å². The average molecular weight is 715 g/mol. The van der Waals surface area contributed by atoms with E-state index in [-0.39, 0.29) is 35.9 Å². The summed E-state index contributed by atoms with van der Waals surface area (Å²) in [6.45, 7) is 4.06. The van der Waals surface area contributed by atoms with E-state index >= 15 is 0 Å². The molecule has 1 aliphatic carbocycles. The number of carboxylic acids is 1. The Hall–Kier alpha value is -4.91. The number of thiazole rings is 1. The molecule has 1 aromatic carbocycles. The van der Waals surface area contributed by atoms with Gasteiger partial charge in [0.15, 0.2) is 22.2 Å². The lowest BCUT2D eigenvalue weighted by Crippen LogP contribution is -2.68. The number of alkyl halides is 2. The second-order valence-electron chi connectivity index (χ2n) is 13.4. The number of carbonyl (C=O) groups is 1. The van der Waals surface area contributed by atoms with Crippen molar-refractivity contribution < 1.29 is 37.3 Å². The van der Waals surface area contributed by atoms with Gasteiger partial charge in [-0.25, -0.2) is 33.5 Å². The van der Waals surface area contributed by atoms with Gasteiger partial charge in [0.2, 0.25) is 5.88 Å². The van der Waals surface area contributed by atoms with Crippen molar-refractivity contribution in [3.8, 4) is 17.7 Å². The van der Waals surface area contributed by atoms with Crippen molar-refractivity contribution in [3.63, 3.8) is 0 Å². The zero-order valence-corrected chi connectivity index (χ0v) is 28.2. The van der Waals surface area contributed by atoms with Gasteiger partial charge in [0.1, 0.15) is 34.5 Å². The molecule has 262 valence electrons. The number of furan rings is 1. The Morgan fingerprint density at radius 1 is 1.14 bits per heavy atom. The van der Waals surface area contributed by atoms with Crippen LogP contribution in [0.3, 0.4) is 0 Å². The normalized spacial score (nSPS) is 22.8. The number of aromatic nitrogens is 4. The first kappa shape index (κ1) is 32.0. The molecule has 1 spiro atoms. The molecular weight excluding hydrogens is 682 g/mol. The molecule has 0 unspecified atom stereocenters. The van der Waals surface area contributed by atoms with Crippen LogP contribution in [0.25, 0.3) is 22.1 Å². The summed E-state index contributed by atoms with van der Waals surface area (Å²) in [7, 11) is 0. The standard InChI is InChI=1S/C36H32F2N6O6S/c1-19-36(17-47-18-36)48-11-10-43(19)24-12-20(6-9-28-39-15-27(51-28)21-7-8-21)14-40-34(24)49-22-13-25(35(45)46)44(16-22)33-30-29(41-32(42-33)31(37)38)23-4-2-3-5-26(23)50-30/h2-5,12,14-15,19,21-22,25,31H,7-8,10-11,13,16-18H2,1H3,(H,45,46)/t19-,22-,25-/m0/s1. The monoisotopic (exact) mass is 714 g/mol. The number of fused-ring (bicyclic) bond motifs is 3. The molecule has 1 saturated carbocycles. The maximum absolute atomic E-state index is 14.1. The van der Waals surface area contributed by atoms with Gasteiger partial charge in [0.25, 0.3) is 6.43 Å². The Kier molecular flexibility index (Phi) is 7.78. The van der Waals surface area contributed by atoms with E-state index in [0.29, 0.717) is 60.4 Å². The predicted octanol–water partition coefficient (Wildman–Crippen LogP) is 5.55. The molecule has 3 aliphatic heterocycles. The van der Waals surface area contributed by atoms with Gasteiger partial charge in [-0.1, -0.05) is 18.1 Å². The maximum Gasteiger partial charge on any atom is 0.326 e. The second kappa shape index (κ2) is 12.4. The van der Waals surface area contributed by atoms with Crippen molar-refractivity contribution in [2.45, 2.75) is 62.3 Å². The second-order valence-corrected chi connectivity index (χ2v) is 14.4. The molecule has 0 amide bonds. The Labute approximate surface area is 294 Å². The highest BCUT2D eigenvalue weighted by atomic mass is 32.1. The number of ether oxygens (including phenoxy) is 3. The van der Waals surface area contributed by atoms with Crippen LogP contribution in [0, 0.1) is 11.8 Å². The summed E-state index contributed by atoms with van der Waals surface area (Å²) >= 11 is 1.61. The van der Waals surface area contributed by atoms with Crippen LogP contribution in [0.15, 0.2) is 47.1 Å². The number of nitrogens with zero attached hydrogens (tertiary/aromatic N) is 6. The fourth-order valence-corrected chi connectivity index (χ4v) is 8.07. The zero-order chi connectivity index (χ0) is 34.9. The summed E-state index contributed by atoms with van der Waals surface area (Å²) in [6.07, 6.45) is 2.30. The molecule has 4 aliphatic rings. The lowest BCUT2D eigenvalue weighted by molar-refractivity contribution is -0.228. The summed E-state index contributed by atoms with van der Waals surface area (Å²) < 4.78 is 52.5. The molecule has 9 rings (SSSR count). The Morgan fingerprint density at radius 2 is 1.98 bits per heavy atom. The van der Waals surface area contributed by atoms with Crippen molar-refractivity contribution >= 4 is 50.9 Å². The van der Waals surface area contributed by atoms with Gasteiger partial charge in [0.05, 0.1) is 32.4 Å². The molecule has 4 fully saturated rings. The number of morpholine rings is 1. The smallest absolute Gasteiger partial charge is 0.326 e. The average Bonchev–Trinajstić information content (AvgIpc) is 3.51. The quantitative estimate of drug-likeness (QED) is 0.212. The number of aliphatic carboxylic acids is 1. The van der Waals surface area contributed by atoms with E-state index in [1.165, 1.54) is 22.6 Å². The summed E-state index contributed by atoms with van der Waals surface area (Å²) in [5.74, 6) is 5.42. The molecule has 15 heteroatoms. The molecule has 3 saturated heterocycles. The van der Waals surface area contributed by atoms with E-state index in [4.69, 9.17) is 23.6 Å². The van der Waals surface area contributed by atoms with Gasteiger partial charge < -0.3 is 33.5 Å². The SMILES string of the molecule is C[C@@H]1N(c2cc(C#Cc3ncc(C4CC4)s3)cnc2O[C@H]2C[C@@H](C(=O)O)N(c3nc(C(F)F)nc4c3oc3ccccc34)C2)CCOC12COC2. The molecule has 51 heavy (non-hydrogen) atoms. The molecule has 1 N–H and O–H groups in total. The van der Waals surface area contributed by atoms with Gasteiger partial charge in [-0.05, 0) is 49.8 Å². The fraction of sp³-hybridized carbons (Fsp3) is 0.417. The Morgan fingerprint density at radius 3 is 2.75 bits per heavy atom. The first-order chi connectivity index (χ1) is 24.8. The summed E-state index contributed by atoms with van der Waals surface area (Å²) in [5.41, 5.74) is 1.64. The maximum atomic E-state index is 14.1. The third-order valence-electron chi connectivity index (χ3n) is 10.1. The van der Waals surface area contributed by atoms with E-state index in [2.05, 4.69) is 38.6 Å². The van der Waals surface area contributed by atoms with Crippen molar-refractivity contribution in [3.05, 3.63) is 64.0 Å². The van der Waals surface area contributed by atoms with Crippen LogP contribution in [0.1, 0.15) is 59.8 Å². The van der Waals surface area contributed by atoms with Crippen LogP contribution in [0.4, 0.5) is 20.3 Å². The molecule has 0 radical (unpaired) electrons. The van der Waals surface area contributed by atoms with Crippen molar-refractivity contribution in [1.82, 2.24) is 19.9 Å². The predicted molar refractivity (Wildman–Crippen MR) is 183 cm³/mol. The van der Waals surface area contributed by atoms with Crippen molar-refractivity contribution in [2.75, 3.05) is 42.7 Å². The molecule has 0 bridgehead atoms. The van der Waals surface area contributed by atoms with Crippen molar-refractivity contribution in [2.24, 2.45) is 0 Å². The van der Waals surface area contributed by atoms with Gasteiger partial charge in [-0.3, -0.25) is 0 Å². The third-order valence-corrected chi connectivity index (χ3v) is 11.2. The number of halogens is 2. The summed E-state index contributed by atoms with van der Waals surface area (Å²) in [6, 6.07) is 7.62. The summed E-state index contributed by atoms with van der Waals surface area (Å²) in [5, 5.41) is 11.6. The lowest BCUT2D eigenvalue weighted by atomic mass is 9.90. The first-order valence-electron chi connectivity index (χ1n) is 16.9. The van der Waals surface area contributed by atoms with Gasteiger partial charge >= 0.3 is 5.97 Å². The van der Waals surface area contributed by atoms with E-state index in [1.807, 2.05) is 12.3 Å². The molecule has 3 atom stereocenters. The number of carboxylic acid groups (broad SMARTS) is 1. The molecule has 4 aromatic heterocycles. The fourth-order valence-electron chi connectivity index (χ4n) is 7.13. The highest BCUT2D eigenvalue weighted by Gasteiger charge is 2.50. The number of para-hydroxylation sites is 1. The van der Waals surface area contributed by atoms with Gasteiger partial charge in [-0.15, -0.1) is 11.3 Å². The minimum absolute atomic E-state index is 0.0231. The number of rotatable bonds is 7. The summed E-state index contributed by atoms with van der Waals surface area (Å²) in [4.78, 5) is 35.0. The molecule has 5 aromatic rings.